The number of likely N-dealkylation sites (tertiary alicyclic amines) is 1. The van der Waals surface area contributed by atoms with E-state index in [2.05, 4.69) is 0 Å². The zero-order valence-electron chi connectivity index (χ0n) is 11.8. The molecule has 0 saturated carbocycles. The lowest BCUT2D eigenvalue weighted by Crippen LogP contribution is -2.47. The lowest BCUT2D eigenvalue weighted by atomic mass is 10.2. The molecule has 0 N–H and O–H groups in total. The summed E-state index contributed by atoms with van der Waals surface area (Å²) < 4.78 is 21.8. The number of morpholine rings is 1. The van der Waals surface area contributed by atoms with E-state index in [1.165, 1.54) is 0 Å². The Morgan fingerprint density at radius 1 is 1.38 bits per heavy atom. The highest BCUT2D eigenvalue weighted by Crippen LogP contribution is 2.35. The van der Waals surface area contributed by atoms with Gasteiger partial charge < -0.3 is 23.8 Å². The quantitative estimate of drug-likeness (QED) is 0.837. The van der Waals surface area contributed by atoms with Crippen LogP contribution in [-0.4, -0.2) is 49.0 Å². The Kier molecular flexibility index (Phi) is 2.92. The average molecular weight is 291 g/mol. The average Bonchev–Trinajstić information content (AvgIpc) is 3.21. The van der Waals surface area contributed by atoms with Gasteiger partial charge in [0.05, 0.1) is 18.8 Å². The van der Waals surface area contributed by atoms with Gasteiger partial charge in [-0.1, -0.05) is 0 Å². The van der Waals surface area contributed by atoms with Crippen molar-refractivity contribution in [1.29, 1.82) is 0 Å². The van der Waals surface area contributed by atoms with Gasteiger partial charge in [-0.2, -0.15) is 0 Å². The highest BCUT2D eigenvalue weighted by molar-refractivity contribution is 5.81. The number of hydrogen-bond acceptors (Lipinski definition) is 5. The summed E-state index contributed by atoms with van der Waals surface area (Å²) in [6.07, 6.45) is 0.629. The summed E-state index contributed by atoms with van der Waals surface area (Å²) in [5.74, 6) is 1.99. The molecule has 0 spiro atoms. The third-order valence-corrected chi connectivity index (χ3v) is 4.19. The second kappa shape index (κ2) is 4.80. The van der Waals surface area contributed by atoms with Crippen LogP contribution in [0.5, 0.6) is 17.2 Å². The number of hydrogen-bond donors (Lipinski definition) is 0. The van der Waals surface area contributed by atoms with Crippen LogP contribution in [0.2, 0.25) is 0 Å². The molecule has 6 heteroatoms. The number of benzene rings is 1. The Bertz CT molecular complexity index is 575. The van der Waals surface area contributed by atoms with Crippen molar-refractivity contribution in [3.8, 4) is 17.2 Å². The first kappa shape index (κ1) is 12.8. The second-order valence-electron chi connectivity index (χ2n) is 5.61. The van der Waals surface area contributed by atoms with Gasteiger partial charge in [-0.25, -0.2) is 0 Å². The van der Waals surface area contributed by atoms with E-state index in [4.69, 9.17) is 18.9 Å². The zero-order valence-corrected chi connectivity index (χ0v) is 11.8. The Morgan fingerprint density at radius 2 is 2.24 bits per heavy atom. The molecule has 3 atom stereocenters. The predicted octanol–water partition coefficient (Wildman–Crippen LogP) is 1.18. The van der Waals surface area contributed by atoms with Gasteiger partial charge in [-0.05, 0) is 25.5 Å². The largest absolute Gasteiger partial charge is 0.481 e. The first-order valence-corrected chi connectivity index (χ1v) is 7.19. The molecule has 3 aliphatic heterocycles. The number of fused-ring (bicyclic) bond motifs is 3. The summed E-state index contributed by atoms with van der Waals surface area (Å²) >= 11 is 0. The Morgan fingerprint density at radius 3 is 3.00 bits per heavy atom. The van der Waals surface area contributed by atoms with E-state index in [-0.39, 0.29) is 24.8 Å². The van der Waals surface area contributed by atoms with Crippen molar-refractivity contribution in [1.82, 2.24) is 4.90 Å². The molecule has 2 saturated heterocycles. The van der Waals surface area contributed by atoms with Gasteiger partial charge in [-0.3, -0.25) is 4.79 Å². The number of rotatable bonds is 3. The molecule has 1 aromatic rings. The first-order chi connectivity index (χ1) is 10.2. The third kappa shape index (κ3) is 2.19. The molecule has 1 aromatic carbocycles. The molecule has 3 unspecified atom stereocenters. The van der Waals surface area contributed by atoms with Crippen molar-refractivity contribution >= 4 is 5.91 Å². The molecule has 0 radical (unpaired) electrons. The maximum absolute atomic E-state index is 12.5. The van der Waals surface area contributed by atoms with E-state index < -0.39 is 6.10 Å². The van der Waals surface area contributed by atoms with Crippen LogP contribution in [0.15, 0.2) is 18.2 Å². The van der Waals surface area contributed by atoms with Crippen LogP contribution in [0.3, 0.4) is 0 Å². The number of nitrogens with zero attached hydrogens (tertiary/aromatic N) is 1. The number of ether oxygens (including phenoxy) is 4. The summed E-state index contributed by atoms with van der Waals surface area (Å²) in [6.45, 7) is 3.33. The van der Waals surface area contributed by atoms with Crippen molar-refractivity contribution in [3.05, 3.63) is 18.2 Å². The maximum atomic E-state index is 12.5. The fourth-order valence-electron chi connectivity index (χ4n) is 3.11. The van der Waals surface area contributed by atoms with Gasteiger partial charge in [0.1, 0.15) is 5.75 Å². The van der Waals surface area contributed by atoms with Gasteiger partial charge in [0, 0.05) is 12.6 Å². The number of amides is 1. The molecule has 3 aliphatic rings. The molecule has 4 rings (SSSR count). The van der Waals surface area contributed by atoms with Crippen LogP contribution in [0, 0.1) is 0 Å². The highest BCUT2D eigenvalue weighted by Gasteiger charge is 2.42. The van der Waals surface area contributed by atoms with Crippen LogP contribution in [0.1, 0.15) is 13.3 Å². The van der Waals surface area contributed by atoms with E-state index >= 15 is 0 Å². The third-order valence-electron chi connectivity index (χ3n) is 4.19. The Hall–Kier alpha value is -1.95. The molecule has 3 heterocycles. The molecule has 6 nitrogen and oxygen atoms in total. The summed E-state index contributed by atoms with van der Waals surface area (Å²) in [6, 6.07) is 5.55. The zero-order chi connectivity index (χ0) is 14.4. The van der Waals surface area contributed by atoms with Crippen molar-refractivity contribution in [3.63, 3.8) is 0 Å². The smallest absolute Gasteiger partial charge is 0.263 e. The lowest BCUT2D eigenvalue weighted by molar-refractivity contribution is -0.142. The van der Waals surface area contributed by atoms with Gasteiger partial charge in [0.2, 0.25) is 6.79 Å². The molecule has 112 valence electrons. The Balaban J connectivity index is 1.43. The number of carbonyl (C=O) groups excluding carboxylic acids is 1. The van der Waals surface area contributed by atoms with Gasteiger partial charge in [0.15, 0.2) is 17.6 Å². The molecule has 2 fully saturated rings. The molecule has 21 heavy (non-hydrogen) atoms. The van der Waals surface area contributed by atoms with E-state index in [9.17, 15) is 4.79 Å². The van der Waals surface area contributed by atoms with Gasteiger partial charge >= 0.3 is 0 Å². The fourth-order valence-corrected chi connectivity index (χ4v) is 3.11. The van der Waals surface area contributed by atoms with Crippen LogP contribution in [0.25, 0.3) is 0 Å². The number of carbonyl (C=O) groups is 1. The van der Waals surface area contributed by atoms with Crippen molar-refractivity contribution in [2.24, 2.45) is 0 Å². The van der Waals surface area contributed by atoms with Crippen LogP contribution in [0.4, 0.5) is 0 Å². The molecule has 2 bridgehead atoms. The molecule has 0 aromatic heterocycles. The lowest BCUT2D eigenvalue weighted by Gasteiger charge is -2.29. The first-order valence-electron chi connectivity index (χ1n) is 7.19. The standard InChI is InChI=1S/C15H17NO5/c1-9(15(17)16-6-12-4-10(16)7-18-12)21-11-2-3-13-14(5-11)20-8-19-13/h2-3,5,9-10,12H,4,6-8H2,1H3. The van der Waals surface area contributed by atoms with E-state index in [1.54, 1.807) is 25.1 Å². The maximum Gasteiger partial charge on any atom is 0.263 e. The minimum atomic E-state index is -0.523. The van der Waals surface area contributed by atoms with Crippen molar-refractivity contribution in [2.75, 3.05) is 19.9 Å². The van der Waals surface area contributed by atoms with Gasteiger partial charge in [0.25, 0.3) is 5.91 Å². The van der Waals surface area contributed by atoms with Crippen molar-refractivity contribution in [2.45, 2.75) is 31.6 Å². The highest BCUT2D eigenvalue weighted by atomic mass is 16.7. The minimum Gasteiger partial charge on any atom is -0.481 e. The van der Waals surface area contributed by atoms with E-state index in [0.29, 0.717) is 30.4 Å². The molecular weight excluding hydrogens is 274 g/mol. The topological polar surface area (TPSA) is 57.2 Å². The molecular formula is C15H17NO5. The molecule has 1 amide bonds. The van der Waals surface area contributed by atoms with Gasteiger partial charge in [-0.15, -0.1) is 0 Å². The SMILES string of the molecule is CC(Oc1ccc2c(c1)OCO2)C(=O)N1CC2CC1CO2. The summed E-state index contributed by atoms with van der Waals surface area (Å²) in [5, 5.41) is 0. The second-order valence-corrected chi connectivity index (χ2v) is 5.61. The van der Waals surface area contributed by atoms with Crippen molar-refractivity contribution < 1.29 is 23.7 Å². The normalized spacial score (nSPS) is 27.0. The Labute approximate surface area is 122 Å². The fraction of sp³-hybridized carbons (Fsp3) is 0.533. The van der Waals surface area contributed by atoms with Crippen LogP contribution < -0.4 is 14.2 Å². The monoisotopic (exact) mass is 291 g/mol. The van der Waals surface area contributed by atoms with Crippen LogP contribution in [-0.2, 0) is 9.53 Å². The summed E-state index contributed by atoms with van der Waals surface area (Å²) in [4.78, 5) is 14.3. The molecule has 0 aliphatic carbocycles. The van der Waals surface area contributed by atoms with E-state index in [1.807, 2.05) is 4.90 Å². The predicted molar refractivity (Wildman–Crippen MR) is 72.5 cm³/mol. The van der Waals surface area contributed by atoms with Crippen LogP contribution >= 0.6 is 0 Å². The summed E-state index contributed by atoms with van der Waals surface area (Å²) in [7, 11) is 0. The minimum absolute atomic E-state index is 0.0171. The summed E-state index contributed by atoms with van der Waals surface area (Å²) in [5.41, 5.74) is 0. The van der Waals surface area contributed by atoms with E-state index in [0.717, 1.165) is 6.42 Å².